The van der Waals surface area contributed by atoms with Crippen LogP contribution in [0.1, 0.15) is 19.5 Å². The fourth-order valence-corrected chi connectivity index (χ4v) is 2.12. The molecule has 0 saturated carbocycles. The molecule has 0 fully saturated rings. The Kier molecular flexibility index (Phi) is 2.98. The third kappa shape index (κ3) is 2.22. The molecule has 0 aromatic carbocycles. The maximum Gasteiger partial charge on any atom is 0.278 e. The van der Waals surface area contributed by atoms with Crippen LogP contribution in [0.3, 0.4) is 0 Å². The Hall–Kier alpha value is -0.550. The second kappa shape index (κ2) is 3.67. The second-order valence-electron chi connectivity index (χ2n) is 2.58. The monoisotopic (exact) mass is 222 g/mol. The Morgan fingerprint density at radius 2 is 2.15 bits per heavy atom. The Bertz CT molecular complexity index is 397. The quantitative estimate of drug-likeness (QED) is 0.727. The minimum Gasteiger partial charge on any atom is -0.253 e. The molecular formula is C7H11ClN2O2S. The van der Waals surface area contributed by atoms with E-state index in [9.17, 15) is 8.42 Å². The van der Waals surface area contributed by atoms with Crippen LogP contribution in [0.5, 0.6) is 0 Å². The Balaban J connectivity index is 3.28. The smallest absolute Gasteiger partial charge is 0.253 e. The highest BCUT2D eigenvalue weighted by Gasteiger charge is 2.17. The van der Waals surface area contributed by atoms with Crippen molar-refractivity contribution >= 4 is 19.7 Å². The highest BCUT2D eigenvalue weighted by molar-refractivity contribution is 8.13. The Morgan fingerprint density at radius 1 is 1.54 bits per heavy atom. The van der Waals surface area contributed by atoms with Gasteiger partial charge < -0.3 is 0 Å². The molecule has 0 bridgehead atoms. The van der Waals surface area contributed by atoms with Gasteiger partial charge in [0.1, 0.15) is 0 Å². The van der Waals surface area contributed by atoms with Gasteiger partial charge in [0.25, 0.3) is 9.05 Å². The Morgan fingerprint density at radius 3 is 2.46 bits per heavy atom. The van der Waals surface area contributed by atoms with Crippen molar-refractivity contribution in [2.45, 2.75) is 31.8 Å². The first-order valence-electron chi connectivity index (χ1n) is 4.00. The van der Waals surface area contributed by atoms with Gasteiger partial charge in [0, 0.05) is 17.2 Å². The van der Waals surface area contributed by atoms with Crippen molar-refractivity contribution in [1.29, 1.82) is 0 Å². The summed E-state index contributed by atoms with van der Waals surface area (Å²) in [5, 5.41) is 4.14. The van der Waals surface area contributed by atoms with Gasteiger partial charge in [-0.05, 0) is 19.4 Å². The van der Waals surface area contributed by atoms with E-state index >= 15 is 0 Å². The summed E-state index contributed by atoms with van der Waals surface area (Å²) in [6.45, 7) is 4.23. The fraction of sp³-hybridized carbons (Fsp3) is 0.571. The first-order valence-corrected chi connectivity index (χ1v) is 6.31. The zero-order valence-electron chi connectivity index (χ0n) is 7.49. The average Bonchev–Trinajstić information content (AvgIpc) is 2.46. The van der Waals surface area contributed by atoms with Gasteiger partial charge in [0.15, 0.2) is 5.03 Å². The van der Waals surface area contributed by atoms with Crippen LogP contribution in [0.2, 0.25) is 0 Å². The van der Waals surface area contributed by atoms with E-state index in [1.807, 2.05) is 13.8 Å². The summed E-state index contributed by atoms with van der Waals surface area (Å²) in [6, 6.07) is 1.51. The van der Waals surface area contributed by atoms with Crippen molar-refractivity contribution < 1.29 is 8.42 Å². The molecule has 0 N–H and O–H groups in total. The minimum absolute atomic E-state index is 0.0773. The van der Waals surface area contributed by atoms with Gasteiger partial charge in [0.2, 0.25) is 0 Å². The normalized spacial score (nSPS) is 11.9. The zero-order valence-corrected chi connectivity index (χ0v) is 9.06. The van der Waals surface area contributed by atoms with Crippen LogP contribution in [-0.2, 0) is 22.0 Å². The molecule has 1 rings (SSSR count). The molecule has 1 aromatic heterocycles. The summed E-state index contributed by atoms with van der Waals surface area (Å²) in [5.74, 6) is 0. The van der Waals surface area contributed by atoms with Gasteiger partial charge in [-0.1, -0.05) is 6.92 Å². The number of hydrogen-bond donors (Lipinski definition) is 0. The van der Waals surface area contributed by atoms with Gasteiger partial charge in [-0.2, -0.15) is 5.10 Å². The lowest BCUT2D eigenvalue weighted by atomic mass is 10.3. The van der Waals surface area contributed by atoms with E-state index in [1.54, 1.807) is 0 Å². The third-order valence-electron chi connectivity index (χ3n) is 1.71. The highest BCUT2D eigenvalue weighted by Crippen LogP contribution is 2.16. The van der Waals surface area contributed by atoms with Crippen LogP contribution in [0, 0.1) is 0 Å². The van der Waals surface area contributed by atoms with Crippen molar-refractivity contribution in [3.8, 4) is 0 Å². The number of aryl methyl sites for hydroxylation is 2. The largest absolute Gasteiger partial charge is 0.278 e. The molecule has 0 aliphatic rings. The predicted molar refractivity (Wildman–Crippen MR) is 50.3 cm³/mol. The fourth-order valence-electron chi connectivity index (χ4n) is 1.05. The molecule has 0 spiro atoms. The molecule has 1 aromatic rings. The SMILES string of the molecule is CCc1cc(S(=O)(=O)Cl)n(CC)n1. The lowest BCUT2D eigenvalue weighted by molar-refractivity contribution is 0.561. The van der Waals surface area contributed by atoms with Gasteiger partial charge >= 0.3 is 0 Å². The lowest BCUT2D eigenvalue weighted by Gasteiger charge is -1.98. The summed E-state index contributed by atoms with van der Waals surface area (Å²) < 4.78 is 23.5. The van der Waals surface area contributed by atoms with Crippen LogP contribution >= 0.6 is 10.7 Å². The van der Waals surface area contributed by atoms with Crippen LogP contribution in [0.15, 0.2) is 11.1 Å². The number of nitrogens with zero attached hydrogens (tertiary/aromatic N) is 2. The van der Waals surface area contributed by atoms with Crippen LogP contribution in [0.25, 0.3) is 0 Å². The number of rotatable bonds is 3. The third-order valence-corrected chi connectivity index (χ3v) is 3.01. The molecule has 0 unspecified atom stereocenters. The molecule has 0 aliphatic carbocycles. The molecule has 0 amide bonds. The zero-order chi connectivity index (χ0) is 10.1. The molecule has 4 nitrogen and oxygen atoms in total. The van der Waals surface area contributed by atoms with E-state index in [2.05, 4.69) is 5.10 Å². The minimum atomic E-state index is -3.66. The number of hydrogen-bond acceptors (Lipinski definition) is 3. The molecule has 0 radical (unpaired) electrons. The van der Waals surface area contributed by atoms with E-state index in [-0.39, 0.29) is 5.03 Å². The first kappa shape index (κ1) is 10.5. The first-order chi connectivity index (χ1) is 5.99. The second-order valence-corrected chi connectivity index (χ2v) is 5.09. The van der Waals surface area contributed by atoms with Gasteiger partial charge in [0.05, 0.1) is 5.69 Å². The van der Waals surface area contributed by atoms with E-state index in [0.717, 1.165) is 5.69 Å². The van der Waals surface area contributed by atoms with Crippen molar-refractivity contribution in [2.75, 3.05) is 0 Å². The molecule has 74 valence electrons. The van der Waals surface area contributed by atoms with E-state index in [4.69, 9.17) is 10.7 Å². The summed E-state index contributed by atoms with van der Waals surface area (Å²) in [7, 11) is 1.56. The van der Waals surface area contributed by atoms with Gasteiger partial charge in [-0.3, -0.25) is 4.68 Å². The summed E-state index contributed by atoms with van der Waals surface area (Å²) in [5.41, 5.74) is 0.737. The van der Waals surface area contributed by atoms with Crippen molar-refractivity contribution in [2.24, 2.45) is 0 Å². The van der Waals surface area contributed by atoms with Crippen LogP contribution in [0.4, 0.5) is 0 Å². The summed E-state index contributed by atoms with van der Waals surface area (Å²) in [6.07, 6.45) is 0.701. The molecule has 0 atom stereocenters. The summed E-state index contributed by atoms with van der Waals surface area (Å²) >= 11 is 0. The lowest BCUT2D eigenvalue weighted by Crippen LogP contribution is -2.04. The standard InChI is InChI=1S/C7H11ClN2O2S/c1-3-6-5-7(13(8,11)12)10(4-2)9-6/h5H,3-4H2,1-2H3. The topological polar surface area (TPSA) is 52.0 Å². The molecule has 13 heavy (non-hydrogen) atoms. The van der Waals surface area contributed by atoms with E-state index < -0.39 is 9.05 Å². The molecule has 0 saturated heterocycles. The maximum absolute atomic E-state index is 11.0. The van der Waals surface area contributed by atoms with E-state index in [1.165, 1.54) is 10.7 Å². The van der Waals surface area contributed by atoms with Crippen LogP contribution in [-0.4, -0.2) is 18.2 Å². The van der Waals surface area contributed by atoms with Gasteiger partial charge in [-0.25, -0.2) is 8.42 Å². The Labute approximate surface area is 81.9 Å². The molecule has 6 heteroatoms. The van der Waals surface area contributed by atoms with Crippen LogP contribution < -0.4 is 0 Å². The number of aromatic nitrogens is 2. The van der Waals surface area contributed by atoms with Crippen molar-refractivity contribution in [1.82, 2.24) is 9.78 Å². The van der Waals surface area contributed by atoms with Crippen molar-refractivity contribution in [3.63, 3.8) is 0 Å². The highest BCUT2D eigenvalue weighted by atomic mass is 35.7. The maximum atomic E-state index is 11.0. The number of halogens is 1. The average molecular weight is 223 g/mol. The molecule has 1 heterocycles. The van der Waals surface area contributed by atoms with Crippen molar-refractivity contribution in [3.05, 3.63) is 11.8 Å². The molecule has 0 aliphatic heterocycles. The molecular weight excluding hydrogens is 212 g/mol. The summed E-state index contributed by atoms with van der Waals surface area (Å²) in [4.78, 5) is 0. The van der Waals surface area contributed by atoms with E-state index in [0.29, 0.717) is 13.0 Å². The predicted octanol–water partition coefficient (Wildman–Crippen LogP) is 1.39. The van der Waals surface area contributed by atoms with Gasteiger partial charge in [-0.15, -0.1) is 0 Å².